The lowest BCUT2D eigenvalue weighted by atomic mass is 9.92. The number of rotatable bonds is 5. The van der Waals surface area contributed by atoms with Gasteiger partial charge in [-0.25, -0.2) is 0 Å². The first-order valence-corrected chi connectivity index (χ1v) is 8.34. The molecule has 0 bridgehead atoms. The van der Waals surface area contributed by atoms with E-state index in [1.54, 1.807) is 18.2 Å². The molecule has 1 aromatic rings. The molecule has 0 aliphatic carbocycles. The van der Waals surface area contributed by atoms with E-state index >= 15 is 0 Å². The average Bonchev–Trinajstić information content (AvgIpc) is 2.49. The number of hydrogen-bond donors (Lipinski definition) is 1. The summed E-state index contributed by atoms with van der Waals surface area (Å²) in [4.78, 5) is 14.1. The van der Waals surface area contributed by atoms with Crippen LogP contribution in [0.25, 0.3) is 0 Å². The van der Waals surface area contributed by atoms with E-state index in [4.69, 9.17) is 33.7 Å². The summed E-state index contributed by atoms with van der Waals surface area (Å²) in [6, 6.07) is 5.17. The third-order valence-corrected chi connectivity index (χ3v) is 4.55. The predicted octanol–water partition coefficient (Wildman–Crippen LogP) is 3.35. The fourth-order valence-corrected chi connectivity index (χ4v) is 3.13. The van der Waals surface area contributed by atoms with Crippen molar-refractivity contribution in [2.75, 3.05) is 19.7 Å². The minimum absolute atomic E-state index is 0.107. The molecule has 0 aromatic heterocycles. The molecule has 1 aromatic carbocycles. The van der Waals surface area contributed by atoms with E-state index in [-0.39, 0.29) is 11.9 Å². The van der Waals surface area contributed by atoms with Crippen LogP contribution in [0.4, 0.5) is 0 Å². The van der Waals surface area contributed by atoms with Crippen molar-refractivity contribution < 1.29 is 9.53 Å². The van der Waals surface area contributed by atoms with Crippen molar-refractivity contribution >= 4 is 29.1 Å². The molecule has 1 amide bonds. The van der Waals surface area contributed by atoms with E-state index < -0.39 is 0 Å². The predicted molar refractivity (Wildman–Crippen MR) is 89.5 cm³/mol. The quantitative estimate of drug-likeness (QED) is 0.890. The maximum absolute atomic E-state index is 12.2. The molecule has 0 radical (unpaired) electrons. The van der Waals surface area contributed by atoms with Crippen molar-refractivity contribution in [2.45, 2.75) is 32.2 Å². The van der Waals surface area contributed by atoms with Crippen LogP contribution >= 0.6 is 23.2 Å². The zero-order chi connectivity index (χ0) is 16.1. The summed E-state index contributed by atoms with van der Waals surface area (Å²) >= 11 is 11.9. The molecular formula is C16H22Cl2N2O2. The van der Waals surface area contributed by atoms with E-state index in [0.29, 0.717) is 34.7 Å². The first-order chi connectivity index (χ1) is 10.5. The second-order valence-corrected chi connectivity index (χ2v) is 6.62. The third-order valence-electron chi connectivity index (χ3n) is 4.02. The number of nitrogens with two attached hydrogens (primary N) is 1. The van der Waals surface area contributed by atoms with Crippen LogP contribution in [0, 0.1) is 5.92 Å². The van der Waals surface area contributed by atoms with Gasteiger partial charge in [0.15, 0.2) is 0 Å². The van der Waals surface area contributed by atoms with Gasteiger partial charge in [-0.3, -0.25) is 4.79 Å². The van der Waals surface area contributed by atoms with Gasteiger partial charge in [0.05, 0.1) is 18.1 Å². The Balaban J connectivity index is 1.80. The molecule has 0 spiro atoms. The van der Waals surface area contributed by atoms with Gasteiger partial charge in [-0.15, -0.1) is 0 Å². The first kappa shape index (κ1) is 17.4. The summed E-state index contributed by atoms with van der Waals surface area (Å²) in [6.45, 7) is 3.87. The van der Waals surface area contributed by atoms with Crippen LogP contribution in [-0.4, -0.2) is 36.5 Å². The molecule has 4 nitrogen and oxygen atoms in total. The Bertz CT molecular complexity index is 523. The molecule has 1 aliphatic rings. The number of ether oxygens (including phenoxy) is 1. The SMILES string of the molecule is C[C@H](N)[C@H]1CCCN(C(=O)CCOc2ccc(Cl)cc2Cl)C1. The maximum atomic E-state index is 12.2. The highest BCUT2D eigenvalue weighted by Gasteiger charge is 2.25. The normalized spacial score (nSPS) is 19.8. The lowest BCUT2D eigenvalue weighted by Crippen LogP contribution is -2.45. The largest absolute Gasteiger partial charge is 0.491 e. The van der Waals surface area contributed by atoms with Crippen molar-refractivity contribution in [1.29, 1.82) is 0 Å². The van der Waals surface area contributed by atoms with Crippen molar-refractivity contribution in [1.82, 2.24) is 4.90 Å². The van der Waals surface area contributed by atoms with Crippen molar-refractivity contribution in [3.63, 3.8) is 0 Å². The zero-order valence-corrected chi connectivity index (χ0v) is 14.2. The number of carbonyl (C=O) groups excluding carboxylic acids is 1. The molecule has 2 atom stereocenters. The molecule has 6 heteroatoms. The molecule has 2 N–H and O–H groups in total. The van der Waals surface area contributed by atoms with Gasteiger partial charge < -0.3 is 15.4 Å². The number of hydrogen-bond acceptors (Lipinski definition) is 3. The Labute approximate surface area is 141 Å². The Morgan fingerprint density at radius 2 is 2.27 bits per heavy atom. The Morgan fingerprint density at radius 1 is 1.50 bits per heavy atom. The summed E-state index contributed by atoms with van der Waals surface area (Å²) in [7, 11) is 0. The van der Waals surface area contributed by atoms with Crippen LogP contribution in [0.3, 0.4) is 0 Å². The second-order valence-electron chi connectivity index (χ2n) is 5.77. The summed E-state index contributed by atoms with van der Waals surface area (Å²) in [5.74, 6) is 1.05. The fourth-order valence-electron chi connectivity index (χ4n) is 2.66. The maximum Gasteiger partial charge on any atom is 0.226 e. The van der Waals surface area contributed by atoms with Gasteiger partial charge in [-0.2, -0.15) is 0 Å². The molecule has 0 saturated carbocycles. The molecular weight excluding hydrogens is 323 g/mol. The topological polar surface area (TPSA) is 55.6 Å². The molecule has 22 heavy (non-hydrogen) atoms. The van der Waals surface area contributed by atoms with Crippen LogP contribution in [0.1, 0.15) is 26.2 Å². The van der Waals surface area contributed by atoms with E-state index in [2.05, 4.69) is 0 Å². The summed E-state index contributed by atoms with van der Waals surface area (Å²) < 4.78 is 5.56. The fraction of sp³-hybridized carbons (Fsp3) is 0.562. The highest BCUT2D eigenvalue weighted by Crippen LogP contribution is 2.27. The monoisotopic (exact) mass is 344 g/mol. The minimum atomic E-state index is 0.107. The minimum Gasteiger partial charge on any atom is -0.491 e. The third kappa shape index (κ3) is 4.77. The molecule has 1 aliphatic heterocycles. The number of carbonyl (C=O) groups is 1. The van der Waals surface area contributed by atoms with Crippen molar-refractivity contribution in [2.24, 2.45) is 11.7 Å². The number of halogens is 2. The van der Waals surface area contributed by atoms with Crippen LogP contribution in [0.15, 0.2) is 18.2 Å². The van der Waals surface area contributed by atoms with Crippen molar-refractivity contribution in [3.05, 3.63) is 28.2 Å². The number of likely N-dealkylation sites (tertiary alicyclic amines) is 1. The Hall–Kier alpha value is -0.970. The highest BCUT2D eigenvalue weighted by molar-refractivity contribution is 6.35. The van der Waals surface area contributed by atoms with Crippen molar-refractivity contribution in [3.8, 4) is 5.75 Å². The van der Waals surface area contributed by atoms with Gasteiger partial charge in [-0.05, 0) is 43.9 Å². The van der Waals surface area contributed by atoms with E-state index in [0.717, 1.165) is 25.9 Å². The lowest BCUT2D eigenvalue weighted by Gasteiger charge is -2.34. The van der Waals surface area contributed by atoms with Gasteiger partial charge in [0.2, 0.25) is 5.91 Å². The summed E-state index contributed by atoms with van der Waals surface area (Å²) in [5.41, 5.74) is 5.95. The van der Waals surface area contributed by atoms with Gasteiger partial charge in [-0.1, -0.05) is 23.2 Å². The number of nitrogens with zero attached hydrogens (tertiary/aromatic N) is 1. The zero-order valence-electron chi connectivity index (χ0n) is 12.7. The molecule has 1 heterocycles. The first-order valence-electron chi connectivity index (χ1n) is 7.58. The lowest BCUT2D eigenvalue weighted by molar-refractivity contribution is -0.133. The summed E-state index contributed by atoms with van der Waals surface area (Å²) in [6.07, 6.45) is 2.45. The van der Waals surface area contributed by atoms with Gasteiger partial charge in [0.25, 0.3) is 0 Å². The molecule has 0 unspecified atom stereocenters. The average molecular weight is 345 g/mol. The molecule has 122 valence electrons. The van der Waals surface area contributed by atoms with E-state index in [9.17, 15) is 4.79 Å². The molecule has 1 saturated heterocycles. The van der Waals surface area contributed by atoms with Crippen LogP contribution in [-0.2, 0) is 4.79 Å². The molecule has 2 rings (SSSR count). The second kappa shape index (κ2) is 8.04. The van der Waals surface area contributed by atoms with Gasteiger partial charge in [0.1, 0.15) is 5.75 Å². The van der Waals surface area contributed by atoms with Gasteiger partial charge >= 0.3 is 0 Å². The Kier molecular flexibility index (Phi) is 6.36. The number of amides is 1. The van der Waals surface area contributed by atoms with E-state index in [1.165, 1.54) is 0 Å². The standard InChI is InChI=1S/C16H22Cl2N2O2/c1-11(19)12-3-2-7-20(10-12)16(21)6-8-22-15-5-4-13(17)9-14(15)18/h4-5,9,11-12H,2-3,6-8,10,19H2,1H3/t11-,12-/m0/s1. The Morgan fingerprint density at radius 3 is 2.95 bits per heavy atom. The number of piperidine rings is 1. The van der Waals surface area contributed by atoms with Crippen LogP contribution in [0.2, 0.25) is 10.0 Å². The molecule has 1 fully saturated rings. The van der Waals surface area contributed by atoms with E-state index in [1.807, 2.05) is 11.8 Å². The van der Waals surface area contributed by atoms with Crippen LogP contribution < -0.4 is 10.5 Å². The summed E-state index contributed by atoms with van der Waals surface area (Å²) in [5, 5.41) is 1.01. The smallest absolute Gasteiger partial charge is 0.226 e. The number of benzene rings is 1. The van der Waals surface area contributed by atoms with Crippen LogP contribution in [0.5, 0.6) is 5.75 Å². The van der Waals surface area contributed by atoms with Gasteiger partial charge in [0, 0.05) is 24.2 Å². The highest BCUT2D eigenvalue weighted by atomic mass is 35.5.